The predicted octanol–water partition coefficient (Wildman–Crippen LogP) is 10.5. The first-order valence-corrected chi connectivity index (χ1v) is 15.3. The van der Waals surface area contributed by atoms with Crippen molar-refractivity contribution < 1.29 is 0 Å². The molecule has 0 radical (unpaired) electrons. The SMILES string of the molecule is c1ccc(-c2ccc(N(c3ccccc3)c3ccc4ccc5ccc6c7ccccc7[se]c6c5c4c3)cc2)cc1. The minimum absolute atomic E-state index is 0.294. The number of hydrogen-bond acceptors (Lipinski definition) is 1. The molecular weight excluding hydrogens is 549 g/mol. The third-order valence-corrected chi connectivity index (χ3v) is 10.4. The van der Waals surface area contributed by atoms with Gasteiger partial charge in [0.15, 0.2) is 0 Å². The van der Waals surface area contributed by atoms with Gasteiger partial charge in [0.05, 0.1) is 0 Å². The standard InChI is InChI=1S/C38H25NSe/c1-3-9-26(10-4-1)27-17-21-31(22-18-27)39(30-11-5-2-6-12-30)32-23-19-28-15-16-29-20-24-34-33-13-7-8-14-36(33)40-38(34)37(29)35(28)25-32/h1-25H. The minimum Gasteiger partial charge on any atom is -0.0617 e. The first-order valence-electron chi connectivity index (χ1n) is 13.6. The van der Waals surface area contributed by atoms with Crippen LogP contribution < -0.4 is 4.90 Å². The first-order chi connectivity index (χ1) is 19.8. The molecule has 1 aromatic heterocycles. The van der Waals surface area contributed by atoms with Gasteiger partial charge in [0.1, 0.15) is 0 Å². The molecule has 0 amide bonds. The van der Waals surface area contributed by atoms with Gasteiger partial charge in [-0.3, -0.25) is 0 Å². The number of rotatable bonds is 4. The third-order valence-electron chi connectivity index (χ3n) is 7.83. The first kappa shape index (κ1) is 23.3. The fraction of sp³-hybridized carbons (Fsp3) is 0. The van der Waals surface area contributed by atoms with Gasteiger partial charge in [0, 0.05) is 0 Å². The smallest absolute Gasteiger partial charge is 0.0617 e. The van der Waals surface area contributed by atoms with Gasteiger partial charge in [-0.25, -0.2) is 0 Å². The summed E-state index contributed by atoms with van der Waals surface area (Å²) < 4.78 is 2.99. The van der Waals surface area contributed by atoms with Gasteiger partial charge in [0.2, 0.25) is 0 Å². The molecule has 0 aliphatic carbocycles. The van der Waals surface area contributed by atoms with Crippen LogP contribution in [0.5, 0.6) is 0 Å². The zero-order chi connectivity index (χ0) is 26.5. The molecule has 0 saturated heterocycles. The fourth-order valence-electron chi connectivity index (χ4n) is 5.90. The number of anilines is 3. The van der Waals surface area contributed by atoms with E-state index >= 15 is 0 Å². The summed E-state index contributed by atoms with van der Waals surface area (Å²) in [6.45, 7) is 0. The summed E-state index contributed by atoms with van der Waals surface area (Å²) in [5.41, 5.74) is 5.91. The van der Waals surface area contributed by atoms with Crippen LogP contribution in [0, 0.1) is 0 Å². The molecule has 0 unspecified atom stereocenters. The van der Waals surface area contributed by atoms with E-state index < -0.39 is 0 Å². The molecule has 0 spiro atoms. The van der Waals surface area contributed by atoms with Crippen LogP contribution in [-0.2, 0) is 0 Å². The quantitative estimate of drug-likeness (QED) is 0.149. The Hall–Kier alpha value is -4.62. The van der Waals surface area contributed by atoms with Gasteiger partial charge in [-0.2, -0.15) is 0 Å². The van der Waals surface area contributed by atoms with Crippen LogP contribution in [0.15, 0.2) is 152 Å². The average Bonchev–Trinajstić information content (AvgIpc) is 3.41. The minimum atomic E-state index is 0.294. The van der Waals surface area contributed by atoms with E-state index in [-0.39, 0.29) is 0 Å². The van der Waals surface area contributed by atoms with E-state index in [0.717, 1.165) is 11.4 Å². The predicted molar refractivity (Wildman–Crippen MR) is 174 cm³/mol. The second-order valence-electron chi connectivity index (χ2n) is 10.2. The Morgan fingerprint density at radius 1 is 0.400 bits per heavy atom. The molecule has 7 aromatic carbocycles. The number of hydrogen-bond donors (Lipinski definition) is 0. The van der Waals surface area contributed by atoms with Crippen LogP contribution in [0.3, 0.4) is 0 Å². The molecule has 0 bridgehead atoms. The maximum atomic E-state index is 2.40. The van der Waals surface area contributed by atoms with Crippen molar-refractivity contribution in [1.82, 2.24) is 0 Å². The molecule has 0 N–H and O–H groups in total. The second kappa shape index (κ2) is 9.54. The number of benzene rings is 7. The molecule has 0 saturated carbocycles. The van der Waals surface area contributed by atoms with Crippen molar-refractivity contribution in [2.75, 3.05) is 4.90 Å². The number of para-hydroxylation sites is 1. The van der Waals surface area contributed by atoms with Crippen LogP contribution in [0.4, 0.5) is 17.1 Å². The van der Waals surface area contributed by atoms with Crippen molar-refractivity contribution in [3.63, 3.8) is 0 Å². The van der Waals surface area contributed by atoms with Crippen LogP contribution in [0.1, 0.15) is 0 Å². The summed E-state index contributed by atoms with van der Waals surface area (Å²) in [4.78, 5) is 2.37. The van der Waals surface area contributed by atoms with Crippen molar-refractivity contribution in [1.29, 1.82) is 0 Å². The molecule has 40 heavy (non-hydrogen) atoms. The molecular formula is C38H25NSe. The number of fused-ring (bicyclic) bond motifs is 7. The Morgan fingerprint density at radius 2 is 1.00 bits per heavy atom. The molecule has 2 heteroatoms. The van der Waals surface area contributed by atoms with Crippen LogP contribution >= 0.6 is 0 Å². The van der Waals surface area contributed by atoms with Crippen LogP contribution in [0.25, 0.3) is 52.0 Å². The summed E-state index contributed by atoms with van der Waals surface area (Å²) in [6, 6.07) is 55.2. The van der Waals surface area contributed by atoms with Gasteiger partial charge in [-0.1, -0.05) is 18.2 Å². The average molecular weight is 575 g/mol. The Kier molecular flexibility index (Phi) is 5.55. The summed E-state index contributed by atoms with van der Waals surface area (Å²) >= 11 is 0.294. The Balaban J connectivity index is 1.35. The summed E-state index contributed by atoms with van der Waals surface area (Å²) in [7, 11) is 0. The molecule has 8 aromatic rings. The Morgan fingerprint density at radius 3 is 1.82 bits per heavy atom. The third kappa shape index (κ3) is 3.85. The van der Waals surface area contributed by atoms with Gasteiger partial charge in [-0.05, 0) is 0 Å². The number of nitrogens with zero attached hydrogens (tertiary/aromatic N) is 1. The van der Waals surface area contributed by atoms with E-state index in [2.05, 4.69) is 157 Å². The van der Waals surface area contributed by atoms with Crippen molar-refractivity contribution in [2.45, 2.75) is 0 Å². The van der Waals surface area contributed by atoms with Crippen molar-refractivity contribution in [2.24, 2.45) is 0 Å². The van der Waals surface area contributed by atoms with Gasteiger partial charge < -0.3 is 0 Å². The van der Waals surface area contributed by atoms with E-state index in [0.29, 0.717) is 14.5 Å². The van der Waals surface area contributed by atoms with Gasteiger partial charge >= 0.3 is 222 Å². The van der Waals surface area contributed by atoms with Crippen molar-refractivity contribution >= 4 is 72.4 Å². The van der Waals surface area contributed by atoms with Crippen LogP contribution in [0.2, 0.25) is 0 Å². The van der Waals surface area contributed by atoms with Crippen LogP contribution in [-0.4, -0.2) is 14.5 Å². The normalized spacial score (nSPS) is 11.5. The van der Waals surface area contributed by atoms with Gasteiger partial charge in [-0.15, -0.1) is 0 Å². The Labute approximate surface area is 239 Å². The van der Waals surface area contributed by atoms with E-state index in [1.165, 1.54) is 57.7 Å². The molecule has 0 aliphatic rings. The topological polar surface area (TPSA) is 3.24 Å². The molecule has 1 heterocycles. The zero-order valence-electron chi connectivity index (χ0n) is 21.8. The fourth-order valence-corrected chi connectivity index (χ4v) is 8.57. The summed E-state index contributed by atoms with van der Waals surface area (Å²) in [5.74, 6) is 0. The molecule has 1 nitrogen and oxygen atoms in total. The molecule has 188 valence electrons. The van der Waals surface area contributed by atoms with Gasteiger partial charge in [0.25, 0.3) is 0 Å². The monoisotopic (exact) mass is 575 g/mol. The summed E-state index contributed by atoms with van der Waals surface area (Å²) in [6.07, 6.45) is 0. The zero-order valence-corrected chi connectivity index (χ0v) is 23.5. The van der Waals surface area contributed by atoms with Crippen molar-refractivity contribution in [3.05, 3.63) is 152 Å². The Bertz CT molecular complexity index is 2140. The molecule has 8 rings (SSSR count). The van der Waals surface area contributed by atoms with E-state index in [1.807, 2.05) is 0 Å². The van der Waals surface area contributed by atoms with E-state index in [9.17, 15) is 0 Å². The molecule has 0 fully saturated rings. The maximum absolute atomic E-state index is 2.40. The molecule has 0 atom stereocenters. The van der Waals surface area contributed by atoms with E-state index in [1.54, 1.807) is 0 Å². The molecule has 0 aliphatic heterocycles. The van der Waals surface area contributed by atoms with E-state index in [4.69, 9.17) is 0 Å². The second-order valence-corrected chi connectivity index (χ2v) is 12.4. The van der Waals surface area contributed by atoms with Crippen molar-refractivity contribution in [3.8, 4) is 11.1 Å². The summed E-state index contributed by atoms with van der Waals surface area (Å²) in [5, 5.41) is 8.12.